The van der Waals surface area contributed by atoms with Gasteiger partial charge in [0.1, 0.15) is 18.0 Å². The highest BCUT2D eigenvalue weighted by Gasteiger charge is 2.26. The molecule has 1 N–H and O–H groups in total. The molecular weight excluding hydrogens is 474 g/mol. The standard InChI is InChI=1S/C15H17N5O8S3/c1-27-11-5-4-9(20(23)24)6-10(11)19(31(3,25)26)7-12(21)16-14-17-18-15(30-14)29-8-13(22)28-2/h4-6H,7-8H2,1-3H3,(H,16,17,21). The van der Waals surface area contributed by atoms with Crippen molar-refractivity contribution in [2.75, 3.05) is 42.4 Å². The number of nitrogens with one attached hydrogen (secondary N) is 1. The molecule has 1 aromatic heterocycles. The first-order valence-electron chi connectivity index (χ1n) is 8.18. The molecule has 0 bridgehead atoms. The molecule has 0 spiro atoms. The van der Waals surface area contributed by atoms with Gasteiger partial charge in [0, 0.05) is 12.1 Å². The number of carbonyl (C=O) groups is 2. The maximum atomic E-state index is 12.4. The van der Waals surface area contributed by atoms with Crippen LogP contribution in [0.25, 0.3) is 0 Å². The van der Waals surface area contributed by atoms with E-state index in [0.717, 1.165) is 41.5 Å². The minimum Gasteiger partial charge on any atom is -0.495 e. The Morgan fingerprint density at radius 2 is 2.03 bits per heavy atom. The summed E-state index contributed by atoms with van der Waals surface area (Å²) in [6, 6.07) is 3.39. The quantitative estimate of drug-likeness (QED) is 0.166. The van der Waals surface area contributed by atoms with Gasteiger partial charge in [0.25, 0.3) is 5.69 Å². The Balaban J connectivity index is 2.20. The van der Waals surface area contributed by atoms with Crippen LogP contribution in [0.1, 0.15) is 0 Å². The van der Waals surface area contributed by atoms with Crippen LogP contribution in [0.5, 0.6) is 5.75 Å². The van der Waals surface area contributed by atoms with Crippen molar-refractivity contribution in [3.63, 3.8) is 0 Å². The molecule has 0 atom stereocenters. The summed E-state index contributed by atoms with van der Waals surface area (Å²) < 4.78 is 35.3. The summed E-state index contributed by atoms with van der Waals surface area (Å²) in [6.07, 6.45) is 0.852. The molecule has 0 radical (unpaired) electrons. The number of non-ortho nitro benzene ring substituents is 1. The van der Waals surface area contributed by atoms with E-state index < -0.39 is 33.4 Å². The monoisotopic (exact) mass is 491 g/mol. The Labute approximate surface area is 184 Å². The zero-order valence-electron chi connectivity index (χ0n) is 16.4. The second kappa shape index (κ2) is 10.4. The molecule has 2 aromatic rings. The highest BCUT2D eigenvalue weighted by Crippen LogP contribution is 2.33. The zero-order valence-corrected chi connectivity index (χ0v) is 18.9. The topological polar surface area (TPSA) is 171 Å². The number of sulfonamides is 1. The summed E-state index contributed by atoms with van der Waals surface area (Å²) >= 11 is 2.03. The van der Waals surface area contributed by atoms with Gasteiger partial charge in [0.2, 0.25) is 21.1 Å². The first-order chi connectivity index (χ1) is 14.5. The zero-order chi connectivity index (χ0) is 23.2. The highest BCUT2D eigenvalue weighted by molar-refractivity contribution is 8.01. The average Bonchev–Trinajstić information content (AvgIpc) is 3.15. The molecular formula is C15H17N5O8S3. The average molecular weight is 492 g/mol. The third-order valence-corrected chi connectivity index (χ3v) is 6.60. The SMILES string of the molecule is COC(=O)CSc1nnc(NC(=O)CN(c2cc([N+](=O)[O-])ccc2OC)S(C)(=O)=O)s1. The van der Waals surface area contributed by atoms with Crippen LogP contribution in [0.15, 0.2) is 22.5 Å². The first kappa shape index (κ1) is 24.3. The summed E-state index contributed by atoms with van der Waals surface area (Å²) in [5, 5.41) is 21.1. The lowest BCUT2D eigenvalue weighted by Gasteiger charge is -2.23. The van der Waals surface area contributed by atoms with Gasteiger partial charge in [-0.15, -0.1) is 10.2 Å². The normalized spacial score (nSPS) is 10.9. The number of anilines is 2. The Hall–Kier alpha value is -2.98. The number of hydrogen-bond acceptors (Lipinski definition) is 12. The number of nitrogens with zero attached hydrogens (tertiary/aromatic N) is 4. The lowest BCUT2D eigenvalue weighted by Crippen LogP contribution is -2.37. The number of hydrogen-bond donors (Lipinski definition) is 1. The van der Waals surface area contributed by atoms with E-state index >= 15 is 0 Å². The van der Waals surface area contributed by atoms with Crippen LogP contribution in [-0.2, 0) is 24.3 Å². The number of ether oxygens (including phenoxy) is 2. The van der Waals surface area contributed by atoms with Gasteiger partial charge in [-0.05, 0) is 6.07 Å². The fraction of sp³-hybridized carbons (Fsp3) is 0.333. The Morgan fingerprint density at radius 3 is 2.61 bits per heavy atom. The molecule has 0 fully saturated rings. The lowest BCUT2D eigenvalue weighted by atomic mass is 10.2. The van der Waals surface area contributed by atoms with Gasteiger partial charge in [-0.25, -0.2) is 8.42 Å². The lowest BCUT2D eigenvalue weighted by molar-refractivity contribution is -0.384. The van der Waals surface area contributed by atoms with Crippen LogP contribution in [0.4, 0.5) is 16.5 Å². The largest absolute Gasteiger partial charge is 0.495 e. The van der Waals surface area contributed by atoms with Gasteiger partial charge in [-0.3, -0.25) is 29.3 Å². The Morgan fingerprint density at radius 1 is 1.32 bits per heavy atom. The van der Waals surface area contributed by atoms with Crippen molar-refractivity contribution >= 4 is 61.5 Å². The third kappa shape index (κ3) is 6.76. The summed E-state index contributed by atoms with van der Waals surface area (Å²) in [7, 11) is -1.50. The van der Waals surface area contributed by atoms with E-state index in [2.05, 4.69) is 20.3 Å². The molecule has 0 saturated carbocycles. The molecule has 1 aromatic carbocycles. The van der Waals surface area contributed by atoms with E-state index in [0.29, 0.717) is 8.64 Å². The van der Waals surface area contributed by atoms with E-state index in [1.807, 2.05) is 0 Å². The van der Waals surface area contributed by atoms with Crippen LogP contribution in [0.3, 0.4) is 0 Å². The molecule has 0 unspecified atom stereocenters. The summed E-state index contributed by atoms with van der Waals surface area (Å²) in [6.45, 7) is -0.694. The molecule has 0 aliphatic rings. The number of rotatable bonds is 10. The maximum absolute atomic E-state index is 12.4. The van der Waals surface area contributed by atoms with Gasteiger partial charge in [-0.1, -0.05) is 23.1 Å². The molecule has 0 aliphatic carbocycles. The van der Waals surface area contributed by atoms with Crippen molar-refractivity contribution in [3.05, 3.63) is 28.3 Å². The second-order valence-corrected chi connectivity index (χ2v) is 9.78. The number of amides is 1. The highest BCUT2D eigenvalue weighted by atomic mass is 32.2. The van der Waals surface area contributed by atoms with Crippen LogP contribution in [0, 0.1) is 10.1 Å². The van der Waals surface area contributed by atoms with Gasteiger partial charge >= 0.3 is 5.97 Å². The number of carbonyl (C=O) groups excluding carboxylic acids is 2. The summed E-state index contributed by atoms with van der Waals surface area (Å²) in [5.74, 6) is -1.19. The van der Waals surface area contributed by atoms with Gasteiger partial charge in [-0.2, -0.15) is 0 Å². The van der Waals surface area contributed by atoms with Gasteiger partial charge in [0.15, 0.2) is 4.34 Å². The summed E-state index contributed by atoms with van der Waals surface area (Å²) in [5.41, 5.74) is -0.540. The van der Waals surface area contributed by atoms with E-state index in [9.17, 15) is 28.1 Å². The van der Waals surface area contributed by atoms with E-state index in [1.165, 1.54) is 20.3 Å². The van der Waals surface area contributed by atoms with Crippen LogP contribution in [0.2, 0.25) is 0 Å². The number of methoxy groups -OCH3 is 2. The van der Waals surface area contributed by atoms with Crippen LogP contribution < -0.4 is 14.4 Å². The molecule has 0 saturated heterocycles. The fourth-order valence-corrected chi connectivity index (χ4v) is 4.61. The number of benzene rings is 1. The van der Waals surface area contributed by atoms with E-state index in [1.54, 1.807) is 0 Å². The van der Waals surface area contributed by atoms with Crippen molar-refractivity contribution in [2.45, 2.75) is 4.34 Å². The second-order valence-electron chi connectivity index (χ2n) is 5.67. The minimum atomic E-state index is -4.01. The van der Waals surface area contributed by atoms with Crippen molar-refractivity contribution in [1.82, 2.24) is 10.2 Å². The van der Waals surface area contributed by atoms with Crippen LogP contribution >= 0.6 is 23.1 Å². The van der Waals surface area contributed by atoms with Crippen molar-refractivity contribution < 1.29 is 32.4 Å². The maximum Gasteiger partial charge on any atom is 0.316 e. The van der Waals surface area contributed by atoms with Crippen LogP contribution in [-0.4, -0.2) is 68.2 Å². The molecule has 31 heavy (non-hydrogen) atoms. The molecule has 168 valence electrons. The number of aromatic nitrogens is 2. The molecule has 1 heterocycles. The molecule has 2 rings (SSSR count). The van der Waals surface area contributed by atoms with E-state index in [4.69, 9.17) is 4.74 Å². The number of nitro groups is 1. The molecule has 0 aliphatic heterocycles. The molecule has 1 amide bonds. The molecule has 16 heteroatoms. The number of esters is 1. The summed E-state index contributed by atoms with van der Waals surface area (Å²) in [4.78, 5) is 34.0. The van der Waals surface area contributed by atoms with Crippen molar-refractivity contribution in [1.29, 1.82) is 0 Å². The predicted octanol–water partition coefficient (Wildman–Crippen LogP) is 1.12. The van der Waals surface area contributed by atoms with E-state index in [-0.39, 0.29) is 28.0 Å². The molecule has 13 nitrogen and oxygen atoms in total. The Kier molecular flexibility index (Phi) is 8.12. The minimum absolute atomic E-state index is 0.00746. The number of thioether (sulfide) groups is 1. The van der Waals surface area contributed by atoms with Crippen molar-refractivity contribution in [3.8, 4) is 5.75 Å². The van der Waals surface area contributed by atoms with Gasteiger partial charge in [0.05, 0.1) is 31.2 Å². The first-order valence-corrected chi connectivity index (χ1v) is 11.8. The third-order valence-electron chi connectivity index (χ3n) is 3.52. The number of nitro benzene ring substituents is 1. The predicted molar refractivity (Wildman–Crippen MR) is 113 cm³/mol. The smallest absolute Gasteiger partial charge is 0.316 e. The van der Waals surface area contributed by atoms with Crippen molar-refractivity contribution in [2.24, 2.45) is 0 Å². The van der Waals surface area contributed by atoms with Gasteiger partial charge < -0.3 is 9.47 Å². The fourth-order valence-electron chi connectivity index (χ4n) is 2.16. The Bertz CT molecular complexity index is 1090.